The highest BCUT2D eigenvalue weighted by Crippen LogP contribution is 1.82. The van der Waals surface area contributed by atoms with Crippen molar-refractivity contribution in [1.29, 1.82) is 0 Å². The number of hydrogen-bond donors (Lipinski definition) is 2. The maximum Gasteiger partial charge on any atom is 0.397 e. The van der Waals surface area contributed by atoms with Crippen molar-refractivity contribution in [3.05, 3.63) is 0 Å². The van der Waals surface area contributed by atoms with Gasteiger partial charge in [0.1, 0.15) is 0 Å². The molecule has 0 unspecified atom stereocenters. The third-order valence-corrected chi connectivity index (χ3v) is 1.41. The van der Waals surface area contributed by atoms with Crippen LogP contribution in [0.1, 0.15) is 19.8 Å². The van der Waals surface area contributed by atoms with Gasteiger partial charge >= 0.3 is 17.9 Å². The van der Waals surface area contributed by atoms with Crippen molar-refractivity contribution < 1.29 is 19.1 Å². The van der Waals surface area contributed by atoms with Crippen LogP contribution in [0.15, 0.2) is 0 Å². The predicted octanol–water partition coefficient (Wildman–Crippen LogP) is -0.215. The van der Waals surface area contributed by atoms with Gasteiger partial charge in [-0.2, -0.15) is 0 Å². The fourth-order valence-electron chi connectivity index (χ4n) is 0.670. The number of nitrogens with one attached hydrogen (secondary N) is 2. The summed E-state index contributed by atoms with van der Waals surface area (Å²) in [4.78, 5) is 32.2. The summed E-state index contributed by atoms with van der Waals surface area (Å²) in [5.41, 5.74) is 0. The highest BCUT2D eigenvalue weighted by molar-refractivity contribution is 6.35. The Morgan fingerprint density at radius 1 is 1.29 bits per heavy atom. The number of esters is 1. The molecule has 0 spiro atoms. The number of carbonyl (C=O) groups is 3. The summed E-state index contributed by atoms with van der Waals surface area (Å²) in [7, 11) is 1.07. The van der Waals surface area contributed by atoms with E-state index in [0.29, 0.717) is 6.54 Å². The average molecular weight is 202 g/mol. The van der Waals surface area contributed by atoms with Gasteiger partial charge in [0, 0.05) is 6.54 Å². The van der Waals surface area contributed by atoms with Crippen LogP contribution in [-0.2, 0) is 14.3 Å². The minimum atomic E-state index is -1.09. The highest BCUT2D eigenvalue weighted by Gasteiger charge is 2.16. The smallest absolute Gasteiger partial charge is 0.397 e. The summed E-state index contributed by atoms with van der Waals surface area (Å²) >= 11 is 0. The van der Waals surface area contributed by atoms with Crippen molar-refractivity contribution in [3.63, 3.8) is 0 Å². The number of imide groups is 1. The van der Waals surface area contributed by atoms with Crippen LogP contribution < -0.4 is 10.6 Å². The van der Waals surface area contributed by atoms with Crippen LogP contribution in [-0.4, -0.2) is 31.6 Å². The van der Waals surface area contributed by atoms with Gasteiger partial charge in [-0.1, -0.05) is 13.3 Å². The molecule has 0 rings (SSSR count). The van der Waals surface area contributed by atoms with Gasteiger partial charge in [0.2, 0.25) is 0 Å². The molecular formula is C8H14N2O4. The third kappa shape index (κ3) is 5.13. The first-order chi connectivity index (χ1) is 6.61. The molecule has 0 aliphatic rings. The van der Waals surface area contributed by atoms with Crippen LogP contribution in [0.2, 0.25) is 0 Å². The van der Waals surface area contributed by atoms with E-state index in [2.05, 4.69) is 10.1 Å². The van der Waals surface area contributed by atoms with Gasteiger partial charge in [0.15, 0.2) is 0 Å². The molecule has 0 heterocycles. The Balaban J connectivity index is 3.72. The maximum absolute atomic E-state index is 10.9. The van der Waals surface area contributed by atoms with E-state index >= 15 is 0 Å². The minimum Gasteiger partial charge on any atom is -0.462 e. The quantitative estimate of drug-likeness (QED) is 0.376. The van der Waals surface area contributed by atoms with E-state index in [9.17, 15) is 14.4 Å². The number of unbranched alkanes of at least 4 members (excludes halogenated alkanes) is 1. The summed E-state index contributed by atoms with van der Waals surface area (Å²) in [6, 6.07) is -0.686. The second-order valence-corrected chi connectivity index (χ2v) is 2.56. The van der Waals surface area contributed by atoms with Crippen LogP contribution in [0.5, 0.6) is 0 Å². The maximum atomic E-state index is 10.9. The first kappa shape index (κ1) is 12.4. The van der Waals surface area contributed by atoms with Crippen LogP contribution in [0.25, 0.3) is 0 Å². The Bertz CT molecular complexity index is 227. The van der Waals surface area contributed by atoms with Crippen molar-refractivity contribution in [2.75, 3.05) is 13.7 Å². The highest BCUT2D eigenvalue weighted by atomic mass is 16.5. The zero-order chi connectivity index (χ0) is 11.0. The lowest BCUT2D eigenvalue weighted by atomic mass is 10.3. The molecule has 2 N–H and O–H groups in total. The molecule has 0 saturated carbocycles. The molecule has 0 radical (unpaired) electrons. The van der Waals surface area contributed by atoms with Gasteiger partial charge in [0.25, 0.3) is 0 Å². The molecule has 0 fully saturated rings. The molecule has 0 aliphatic heterocycles. The molecule has 0 aliphatic carbocycles. The van der Waals surface area contributed by atoms with Crippen molar-refractivity contribution in [2.45, 2.75) is 19.8 Å². The normalized spacial score (nSPS) is 9.00. The summed E-state index contributed by atoms with van der Waals surface area (Å²) in [5, 5.41) is 4.24. The Labute approximate surface area is 82.0 Å². The van der Waals surface area contributed by atoms with E-state index in [1.54, 1.807) is 0 Å². The van der Waals surface area contributed by atoms with Crippen LogP contribution in [0.4, 0.5) is 4.79 Å². The molecular weight excluding hydrogens is 188 g/mol. The van der Waals surface area contributed by atoms with Gasteiger partial charge in [-0.25, -0.2) is 9.59 Å². The number of amides is 3. The van der Waals surface area contributed by atoms with Crippen molar-refractivity contribution in [2.24, 2.45) is 0 Å². The summed E-state index contributed by atoms with van der Waals surface area (Å²) in [6.07, 6.45) is 1.76. The minimum absolute atomic E-state index is 0.469. The lowest BCUT2D eigenvalue weighted by Gasteiger charge is -2.04. The van der Waals surface area contributed by atoms with E-state index in [1.807, 2.05) is 12.2 Å². The number of hydrogen-bond acceptors (Lipinski definition) is 4. The molecule has 6 heteroatoms. The Kier molecular flexibility index (Phi) is 6.09. The molecule has 0 atom stereocenters. The molecule has 0 aromatic heterocycles. The van der Waals surface area contributed by atoms with Crippen molar-refractivity contribution in [1.82, 2.24) is 10.6 Å². The summed E-state index contributed by atoms with van der Waals surface area (Å²) in [6.45, 7) is 2.44. The Morgan fingerprint density at radius 2 is 1.93 bits per heavy atom. The van der Waals surface area contributed by atoms with Gasteiger partial charge in [-0.05, 0) is 6.42 Å². The van der Waals surface area contributed by atoms with E-state index in [1.165, 1.54) is 0 Å². The average Bonchev–Trinajstić information content (AvgIpc) is 2.16. The topological polar surface area (TPSA) is 84.5 Å². The molecule has 3 amide bonds. The van der Waals surface area contributed by atoms with Gasteiger partial charge < -0.3 is 10.1 Å². The fraction of sp³-hybridized carbons (Fsp3) is 0.625. The molecule has 0 saturated heterocycles. The number of urea groups is 1. The van der Waals surface area contributed by atoms with Crippen LogP contribution in [0, 0.1) is 0 Å². The number of methoxy groups -OCH3 is 1. The predicted molar refractivity (Wildman–Crippen MR) is 48.5 cm³/mol. The first-order valence-corrected chi connectivity index (χ1v) is 4.29. The van der Waals surface area contributed by atoms with E-state index in [-0.39, 0.29) is 0 Å². The number of rotatable bonds is 3. The lowest BCUT2D eigenvalue weighted by Crippen LogP contribution is -2.43. The summed E-state index contributed by atoms with van der Waals surface area (Å²) in [5.74, 6) is -2.16. The van der Waals surface area contributed by atoms with E-state index in [0.717, 1.165) is 20.0 Å². The molecule has 80 valence electrons. The van der Waals surface area contributed by atoms with Gasteiger partial charge in [-0.3, -0.25) is 10.1 Å². The number of carbonyl (C=O) groups excluding carboxylic acids is 3. The molecule has 0 bridgehead atoms. The van der Waals surface area contributed by atoms with E-state index < -0.39 is 17.9 Å². The zero-order valence-corrected chi connectivity index (χ0v) is 8.25. The molecule has 0 aromatic carbocycles. The van der Waals surface area contributed by atoms with Crippen molar-refractivity contribution in [3.8, 4) is 0 Å². The Hall–Kier alpha value is -1.59. The standard InChI is InChI=1S/C8H14N2O4/c1-3-4-5-9-8(13)10-6(11)7(12)14-2/h3-5H2,1-2H3,(H2,9,10,11,13). The first-order valence-electron chi connectivity index (χ1n) is 4.29. The lowest BCUT2D eigenvalue weighted by molar-refractivity contribution is -0.152. The van der Waals surface area contributed by atoms with Crippen LogP contribution >= 0.6 is 0 Å². The van der Waals surface area contributed by atoms with E-state index in [4.69, 9.17) is 0 Å². The largest absolute Gasteiger partial charge is 0.462 e. The zero-order valence-electron chi connectivity index (χ0n) is 8.25. The second kappa shape index (κ2) is 6.88. The molecule has 14 heavy (non-hydrogen) atoms. The van der Waals surface area contributed by atoms with Gasteiger partial charge in [0.05, 0.1) is 7.11 Å². The van der Waals surface area contributed by atoms with Gasteiger partial charge in [-0.15, -0.1) is 0 Å². The third-order valence-electron chi connectivity index (χ3n) is 1.41. The van der Waals surface area contributed by atoms with Crippen LogP contribution in [0.3, 0.4) is 0 Å². The molecule has 6 nitrogen and oxygen atoms in total. The monoisotopic (exact) mass is 202 g/mol. The molecule has 0 aromatic rings. The summed E-state index contributed by atoms with van der Waals surface area (Å²) < 4.78 is 4.11. The van der Waals surface area contributed by atoms with Crippen molar-refractivity contribution >= 4 is 17.9 Å². The second-order valence-electron chi connectivity index (χ2n) is 2.56. The Morgan fingerprint density at radius 3 is 2.43 bits per heavy atom. The fourth-order valence-corrected chi connectivity index (χ4v) is 0.670. The SMILES string of the molecule is CCCCNC(=O)NC(=O)C(=O)OC. The number of ether oxygens (including phenoxy) is 1.